The molecule has 0 amide bonds. The van der Waals surface area contributed by atoms with E-state index < -0.39 is 0 Å². The molecule has 0 saturated carbocycles. The topological polar surface area (TPSA) is 45.3 Å². The van der Waals surface area contributed by atoms with Crippen molar-refractivity contribution >= 4 is 0 Å². The van der Waals surface area contributed by atoms with Crippen LogP contribution in [0.5, 0.6) is 0 Å². The van der Waals surface area contributed by atoms with E-state index in [-0.39, 0.29) is 5.41 Å². The summed E-state index contributed by atoms with van der Waals surface area (Å²) < 4.78 is 6.40. The van der Waals surface area contributed by atoms with E-state index in [0.29, 0.717) is 12.1 Å². The van der Waals surface area contributed by atoms with Crippen LogP contribution in [0.4, 0.5) is 0 Å². The Morgan fingerprint density at radius 1 is 0.676 bits per heavy atom. The molecule has 37 heavy (non-hydrogen) atoms. The third kappa shape index (κ3) is 21.0. The van der Waals surface area contributed by atoms with Crippen molar-refractivity contribution in [3.8, 4) is 0 Å². The summed E-state index contributed by atoms with van der Waals surface area (Å²) in [5.41, 5.74) is 4.92. The first-order chi connectivity index (χ1) is 17.5. The average Bonchev–Trinajstić information content (AvgIpc) is 2.79. The maximum absolute atomic E-state index is 6.40. The van der Waals surface area contributed by atoms with Crippen LogP contribution in [0.1, 0.15) is 125 Å². The van der Waals surface area contributed by atoms with Crippen molar-refractivity contribution in [2.75, 3.05) is 19.8 Å². The summed E-state index contributed by atoms with van der Waals surface area (Å²) in [6, 6.07) is 0.863. The van der Waals surface area contributed by atoms with Crippen molar-refractivity contribution in [2.24, 2.45) is 5.41 Å². The van der Waals surface area contributed by atoms with Gasteiger partial charge in [0, 0.05) is 42.1 Å². The molecule has 0 aromatic carbocycles. The summed E-state index contributed by atoms with van der Waals surface area (Å²) in [5, 5.41) is 10.2. The molecular weight excluding hydrogens is 454 g/mol. The molecule has 0 radical (unpaired) electrons. The molecule has 1 unspecified atom stereocenters. The van der Waals surface area contributed by atoms with Crippen LogP contribution in [0, 0.1) is 5.41 Å². The minimum atomic E-state index is 0.230. The molecule has 0 spiro atoms. The Labute approximate surface area is 231 Å². The predicted octanol–water partition coefficient (Wildman–Crippen LogP) is 8.78. The molecule has 3 N–H and O–H groups in total. The third-order valence-electron chi connectivity index (χ3n) is 6.80. The summed E-state index contributed by atoms with van der Waals surface area (Å²) >= 11 is 0. The number of hydrogen-bond acceptors (Lipinski definition) is 4. The molecule has 0 aliphatic carbocycles. The molecule has 216 valence electrons. The normalized spacial score (nSPS) is 12.9. The van der Waals surface area contributed by atoms with Gasteiger partial charge in [-0.05, 0) is 105 Å². The van der Waals surface area contributed by atoms with Gasteiger partial charge >= 0.3 is 0 Å². The summed E-state index contributed by atoms with van der Waals surface area (Å²) in [7, 11) is 0. The fourth-order valence-electron chi connectivity index (χ4n) is 4.98. The Balaban J connectivity index is 5.18. The van der Waals surface area contributed by atoms with Crippen molar-refractivity contribution in [3.05, 3.63) is 49.0 Å². The zero-order valence-electron chi connectivity index (χ0n) is 25.7. The number of allylic oxidation sites excluding steroid dienone is 3. The van der Waals surface area contributed by atoms with Crippen LogP contribution in [0.3, 0.4) is 0 Å². The van der Waals surface area contributed by atoms with Gasteiger partial charge in [-0.25, -0.2) is 0 Å². The second-order valence-corrected chi connectivity index (χ2v) is 11.8. The number of unbranched alkanes of at least 4 members (excludes halogenated alkanes) is 3. The molecule has 0 saturated heterocycles. The molecule has 4 nitrogen and oxygen atoms in total. The zero-order valence-corrected chi connectivity index (χ0v) is 25.7. The summed E-state index contributed by atoms with van der Waals surface area (Å²) in [5.74, 6) is 0. The quantitative estimate of drug-likeness (QED) is 0.0792. The standard InChI is InChI=1S/C33H63N3O/c1-11-34-30(8)19-13-16-23-33(22-15-12-18-27(2)3,24-17-14-20-31(9)35-28(4)5)26-37-25-21-32(10)36-29(6)7/h28-29,34-36H,2,8-26H2,1,3-7H3. The third-order valence-corrected chi connectivity index (χ3v) is 6.80. The molecule has 4 heteroatoms. The van der Waals surface area contributed by atoms with E-state index in [2.05, 4.69) is 83.8 Å². The fraction of sp³-hybridized carbons (Fsp3) is 0.758. The van der Waals surface area contributed by atoms with Crippen LogP contribution < -0.4 is 16.0 Å². The van der Waals surface area contributed by atoms with Crippen LogP contribution in [0.25, 0.3) is 0 Å². The molecular formula is C33H63N3O. The molecule has 0 aliphatic heterocycles. The van der Waals surface area contributed by atoms with E-state index in [1.807, 2.05) is 0 Å². The minimum absolute atomic E-state index is 0.230. The molecule has 0 aromatic heterocycles. The Morgan fingerprint density at radius 2 is 1.14 bits per heavy atom. The van der Waals surface area contributed by atoms with E-state index in [4.69, 9.17) is 4.74 Å². The summed E-state index contributed by atoms with van der Waals surface area (Å²) in [6.07, 6.45) is 15.0. The lowest BCUT2D eigenvalue weighted by Gasteiger charge is -2.35. The molecule has 0 bridgehead atoms. The van der Waals surface area contributed by atoms with Gasteiger partial charge in [0.15, 0.2) is 0 Å². The Kier molecular flexibility index (Phi) is 20.3. The van der Waals surface area contributed by atoms with Crippen molar-refractivity contribution in [2.45, 2.75) is 137 Å². The van der Waals surface area contributed by atoms with Gasteiger partial charge in [0.25, 0.3) is 0 Å². The average molecular weight is 518 g/mol. The monoisotopic (exact) mass is 517 g/mol. The van der Waals surface area contributed by atoms with Gasteiger partial charge in [0.1, 0.15) is 0 Å². The van der Waals surface area contributed by atoms with Gasteiger partial charge in [-0.15, -0.1) is 6.58 Å². The first kappa shape index (κ1) is 35.3. The van der Waals surface area contributed by atoms with Crippen molar-refractivity contribution in [1.29, 1.82) is 0 Å². The minimum Gasteiger partial charge on any atom is -0.389 e. The van der Waals surface area contributed by atoms with Crippen LogP contribution >= 0.6 is 0 Å². The van der Waals surface area contributed by atoms with Gasteiger partial charge in [0.2, 0.25) is 0 Å². The lowest BCUT2D eigenvalue weighted by Crippen LogP contribution is -2.29. The largest absolute Gasteiger partial charge is 0.389 e. The molecule has 0 rings (SSSR count). The van der Waals surface area contributed by atoms with Gasteiger partial charge in [0.05, 0.1) is 13.2 Å². The second-order valence-electron chi connectivity index (χ2n) is 11.8. The van der Waals surface area contributed by atoms with Crippen LogP contribution in [0.15, 0.2) is 49.0 Å². The molecule has 0 heterocycles. The van der Waals surface area contributed by atoms with Crippen molar-refractivity contribution in [3.63, 3.8) is 0 Å². The van der Waals surface area contributed by atoms with Crippen LogP contribution in [0.2, 0.25) is 0 Å². The van der Waals surface area contributed by atoms with E-state index in [0.717, 1.165) is 62.5 Å². The Hall–Kier alpha value is -1.68. The lowest BCUT2D eigenvalue weighted by atomic mass is 9.74. The van der Waals surface area contributed by atoms with E-state index in [9.17, 15) is 0 Å². The SMILES string of the molecule is C=C(C)CCCCC(CCCCC(=C)NCC)(CCCCC(=C)NC(C)C)COCCC(=C)NC(C)C. The van der Waals surface area contributed by atoms with Crippen molar-refractivity contribution in [1.82, 2.24) is 16.0 Å². The highest BCUT2D eigenvalue weighted by Gasteiger charge is 2.29. The number of nitrogens with one attached hydrogen (secondary N) is 3. The Morgan fingerprint density at radius 3 is 1.59 bits per heavy atom. The zero-order chi connectivity index (χ0) is 28.1. The predicted molar refractivity (Wildman–Crippen MR) is 166 cm³/mol. The number of ether oxygens (including phenoxy) is 1. The highest BCUT2D eigenvalue weighted by molar-refractivity contribution is 4.94. The first-order valence-electron chi connectivity index (χ1n) is 15.0. The highest BCUT2D eigenvalue weighted by atomic mass is 16.5. The fourth-order valence-corrected chi connectivity index (χ4v) is 4.98. The molecule has 1 atom stereocenters. The van der Waals surface area contributed by atoms with Crippen molar-refractivity contribution < 1.29 is 4.74 Å². The van der Waals surface area contributed by atoms with Gasteiger partial charge < -0.3 is 20.7 Å². The van der Waals surface area contributed by atoms with Crippen LogP contribution in [-0.4, -0.2) is 31.8 Å². The highest BCUT2D eigenvalue weighted by Crippen LogP contribution is 2.38. The maximum Gasteiger partial charge on any atom is 0.0522 e. The smallest absolute Gasteiger partial charge is 0.0522 e. The van der Waals surface area contributed by atoms with E-state index in [1.54, 1.807) is 0 Å². The second kappa shape index (κ2) is 21.3. The van der Waals surface area contributed by atoms with Gasteiger partial charge in [-0.1, -0.05) is 44.6 Å². The lowest BCUT2D eigenvalue weighted by molar-refractivity contribution is 0.0229. The molecule has 0 aromatic rings. The molecule has 0 aliphatic rings. The molecule has 0 fully saturated rings. The number of rotatable bonds is 26. The Bertz CT molecular complexity index is 620. The number of hydrogen-bond donors (Lipinski definition) is 3. The van der Waals surface area contributed by atoms with E-state index in [1.165, 1.54) is 63.4 Å². The maximum atomic E-state index is 6.40. The van der Waals surface area contributed by atoms with Gasteiger partial charge in [-0.3, -0.25) is 0 Å². The first-order valence-corrected chi connectivity index (χ1v) is 15.0. The van der Waals surface area contributed by atoms with E-state index >= 15 is 0 Å². The summed E-state index contributed by atoms with van der Waals surface area (Å²) in [6.45, 7) is 32.1. The summed E-state index contributed by atoms with van der Waals surface area (Å²) in [4.78, 5) is 0. The van der Waals surface area contributed by atoms with Gasteiger partial charge in [-0.2, -0.15) is 0 Å². The van der Waals surface area contributed by atoms with Crippen LogP contribution in [-0.2, 0) is 4.74 Å².